The zero-order chi connectivity index (χ0) is 15.6. The minimum atomic E-state index is 0.410. The minimum absolute atomic E-state index is 0.410. The molecule has 2 aromatic carbocycles. The van der Waals surface area contributed by atoms with Gasteiger partial charge in [-0.05, 0) is 24.3 Å². The second-order valence-corrected chi connectivity index (χ2v) is 4.64. The lowest BCUT2D eigenvalue weighted by Crippen LogP contribution is -2.23. The molecule has 0 radical (unpaired) electrons. The van der Waals surface area contributed by atoms with E-state index in [0.717, 1.165) is 23.6 Å². The largest absolute Gasteiger partial charge is 0.497 e. The number of methoxy groups -OCH3 is 1. The smallest absolute Gasteiger partial charge is 0.193 e. The highest BCUT2D eigenvalue weighted by molar-refractivity contribution is 5.92. The number of nitrogens with zero attached hydrogens (tertiary/aromatic N) is 1. The van der Waals surface area contributed by atoms with E-state index < -0.39 is 0 Å². The highest BCUT2D eigenvalue weighted by atomic mass is 16.5. The van der Waals surface area contributed by atoms with Crippen LogP contribution in [-0.2, 0) is 0 Å². The fraction of sp³-hybridized carbons (Fsp3) is 0.235. The van der Waals surface area contributed by atoms with Crippen LogP contribution >= 0.6 is 0 Å². The molecule has 0 aliphatic rings. The molecule has 0 aliphatic heterocycles. The molecule has 3 N–H and O–H groups in total. The van der Waals surface area contributed by atoms with Crippen LogP contribution in [0.3, 0.4) is 0 Å². The van der Waals surface area contributed by atoms with E-state index in [0.29, 0.717) is 19.1 Å². The summed E-state index contributed by atoms with van der Waals surface area (Å²) in [5.41, 5.74) is 6.75. The summed E-state index contributed by atoms with van der Waals surface area (Å²) >= 11 is 0. The van der Waals surface area contributed by atoms with E-state index in [2.05, 4.69) is 10.3 Å². The van der Waals surface area contributed by atoms with Crippen molar-refractivity contribution in [3.63, 3.8) is 0 Å². The molecular weight excluding hydrogens is 278 g/mol. The summed E-state index contributed by atoms with van der Waals surface area (Å²) in [6.07, 6.45) is 0.786. The Morgan fingerprint density at radius 1 is 1.09 bits per heavy atom. The van der Waals surface area contributed by atoms with Crippen molar-refractivity contribution in [2.45, 2.75) is 6.42 Å². The number of ether oxygens (including phenoxy) is 2. The summed E-state index contributed by atoms with van der Waals surface area (Å²) < 4.78 is 10.8. The highest BCUT2D eigenvalue weighted by Crippen LogP contribution is 2.18. The predicted molar refractivity (Wildman–Crippen MR) is 89.7 cm³/mol. The molecular formula is C17H21N3O2. The van der Waals surface area contributed by atoms with E-state index in [4.69, 9.17) is 15.2 Å². The van der Waals surface area contributed by atoms with E-state index in [1.165, 1.54) is 0 Å². The molecule has 5 heteroatoms. The van der Waals surface area contributed by atoms with Crippen LogP contribution in [-0.4, -0.2) is 26.2 Å². The Morgan fingerprint density at radius 3 is 2.64 bits per heavy atom. The number of benzene rings is 2. The lowest BCUT2D eigenvalue weighted by Gasteiger charge is -2.07. The molecule has 0 saturated heterocycles. The van der Waals surface area contributed by atoms with E-state index in [9.17, 15) is 0 Å². The Morgan fingerprint density at radius 2 is 1.86 bits per heavy atom. The molecule has 2 rings (SSSR count). The number of nitrogens with two attached hydrogens (primary N) is 1. The number of anilines is 1. The van der Waals surface area contributed by atoms with E-state index in [-0.39, 0.29) is 0 Å². The van der Waals surface area contributed by atoms with Crippen molar-refractivity contribution in [3.8, 4) is 11.5 Å². The number of hydrogen-bond acceptors (Lipinski definition) is 3. The SMILES string of the molecule is COc1cccc(OCCCN=C(N)Nc2ccccc2)c1. The van der Waals surface area contributed by atoms with Crippen molar-refractivity contribution < 1.29 is 9.47 Å². The summed E-state index contributed by atoms with van der Waals surface area (Å²) in [7, 11) is 1.64. The summed E-state index contributed by atoms with van der Waals surface area (Å²) in [6.45, 7) is 1.19. The van der Waals surface area contributed by atoms with Gasteiger partial charge in [0.05, 0.1) is 13.7 Å². The van der Waals surface area contributed by atoms with Crippen molar-refractivity contribution in [2.75, 3.05) is 25.6 Å². The van der Waals surface area contributed by atoms with Gasteiger partial charge in [-0.2, -0.15) is 0 Å². The van der Waals surface area contributed by atoms with E-state index in [1.807, 2.05) is 54.6 Å². The van der Waals surface area contributed by atoms with E-state index >= 15 is 0 Å². The summed E-state index contributed by atoms with van der Waals surface area (Å²) in [4.78, 5) is 4.26. The minimum Gasteiger partial charge on any atom is -0.497 e. The van der Waals surface area contributed by atoms with Gasteiger partial charge in [-0.1, -0.05) is 24.3 Å². The maximum absolute atomic E-state index is 5.82. The molecule has 5 nitrogen and oxygen atoms in total. The molecule has 0 amide bonds. The quantitative estimate of drug-likeness (QED) is 0.468. The number of rotatable bonds is 7. The molecule has 0 bridgehead atoms. The van der Waals surface area contributed by atoms with Gasteiger partial charge in [0.15, 0.2) is 5.96 Å². The van der Waals surface area contributed by atoms with Crippen molar-refractivity contribution in [1.82, 2.24) is 0 Å². The molecule has 116 valence electrons. The predicted octanol–water partition coefficient (Wildman–Crippen LogP) is 2.89. The highest BCUT2D eigenvalue weighted by Gasteiger charge is 1.97. The van der Waals surface area contributed by atoms with Crippen molar-refractivity contribution in [1.29, 1.82) is 0 Å². The first-order valence-electron chi connectivity index (χ1n) is 7.17. The van der Waals surface area contributed by atoms with E-state index in [1.54, 1.807) is 7.11 Å². The maximum atomic E-state index is 5.82. The number of aliphatic imine (C=N–C) groups is 1. The second-order valence-electron chi connectivity index (χ2n) is 4.64. The van der Waals surface area contributed by atoms with Crippen molar-refractivity contribution in [2.24, 2.45) is 10.7 Å². The van der Waals surface area contributed by atoms with Crippen LogP contribution in [0.4, 0.5) is 5.69 Å². The van der Waals surface area contributed by atoms with Gasteiger partial charge < -0.3 is 20.5 Å². The Hall–Kier alpha value is -2.69. The summed E-state index contributed by atoms with van der Waals surface area (Å²) in [5.74, 6) is 1.98. The topological polar surface area (TPSA) is 68.9 Å². The standard InChI is InChI=1S/C17H21N3O2/c1-21-15-9-5-10-16(13-15)22-12-6-11-19-17(18)20-14-7-3-2-4-8-14/h2-5,7-10,13H,6,11-12H2,1H3,(H3,18,19,20). The number of nitrogens with one attached hydrogen (secondary N) is 1. The Kier molecular flexibility index (Phi) is 6.11. The van der Waals surface area contributed by atoms with Crippen molar-refractivity contribution >= 4 is 11.6 Å². The molecule has 0 unspecified atom stereocenters. The third kappa shape index (κ3) is 5.36. The van der Waals surface area contributed by atoms with Gasteiger partial charge in [-0.3, -0.25) is 4.99 Å². The molecule has 0 spiro atoms. The molecule has 2 aromatic rings. The van der Waals surface area contributed by atoms with Gasteiger partial charge in [-0.15, -0.1) is 0 Å². The second kappa shape index (κ2) is 8.56. The molecule has 0 saturated carbocycles. The van der Waals surface area contributed by atoms with Gasteiger partial charge in [0.1, 0.15) is 11.5 Å². The average Bonchev–Trinajstić information content (AvgIpc) is 2.55. The van der Waals surface area contributed by atoms with Gasteiger partial charge in [-0.25, -0.2) is 0 Å². The molecule has 22 heavy (non-hydrogen) atoms. The Bertz CT molecular complexity index is 600. The van der Waals surface area contributed by atoms with Crippen LogP contribution in [0, 0.1) is 0 Å². The lowest BCUT2D eigenvalue weighted by atomic mass is 10.3. The third-order valence-corrected chi connectivity index (χ3v) is 2.94. The first kappa shape index (κ1) is 15.7. The Labute approximate surface area is 130 Å². The lowest BCUT2D eigenvalue weighted by molar-refractivity contribution is 0.311. The maximum Gasteiger partial charge on any atom is 0.193 e. The Balaban J connectivity index is 1.69. The van der Waals surface area contributed by atoms with Crippen LogP contribution < -0.4 is 20.5 Å². The normalized spacial score (nSPS) is 11.0. The molecule has 0 heterocycles. The molecule has 0 fully saturated rings. The van der Waals surface area contributed by atoms with Crippen LogP contribution in [0.1, 0.15) is 6.42 Å². The zero-order valence-corrected chi connectivity index (χ0v) is 12.7. The molecule has 0 atom stereocenters. The van der Waals surface area contributed by atoms with Crippen LogP contribution in [0.25, 0.3) is 0 Å². The van der Waals surface area contributed by atoms with Gasteiger partial charge in [0.2, 0.25) is 0 Å². The molecule has 0 aromatic heterocycles. The van der Waals surface area contributed by atoms with Crippen molar-refractivity contribution in [3.05, 3.63) is 54.6 Å². The monoisotopic (exact) mass is 299 g/mol. The zero-order valence-electron chi connectivity index (χ0n) is 12.7. The van der Waals surface area contributed by atoms with Gasteiger partial charge in [0, 0.05) is 24.7 Å². The van der Waals surface area contributed by atoms with Crippen LogP contribution in [0.15, 0.2) is 59.6 Å². The summed E-state index contributed by atoms with van der Waals surface area (Å²) in [6, 6.07) is 17.2. The first-order valence-corrected chi connectivity index (χ1v) is 7.17. The number of para-hydroxylation sites is 1. The number of guanidine groups is 1. The average molecular weight is 299 g/mol. The van der Waals surface area contributed by atoms with Crippen LogP contribution in [0.5, 0.6) is 11.5 Å². The van der Waals surface area contributed by atoms with Crippen LogP contribution in [0.2, 0.25) is 0 Å². The third-order valence-electron chi connectivity index (χ3n) is 2.94. The number of hydrogen-bond donors (Lipinski definition) is 2. The summed E-state index contributed by atoms with van der Waals surface area (Å²) in [5, 5.41) is 3.04. The fourth-order valence-corrected chi connectivity index (χ4v) is 1.85. The van der Waals surface area contributed by atoms with Gasteiger partial charge in [0.25, 0.3) is 0 Å². The first-order chi connectivity index (χ1) is 10.8. The fourth-order valence-electron chi connectivity index (χ4n) is 1.85. The molecule has 0 aliphatic carbocycles. The van der Waals surface area contributed by atoms with Gasteiger partial charge >= 0.3 is 0 Å².